The SMILES string of the molecule is CCNc1nc(Cl)ccc1C#N. The third-order valence-electron chi connectivity index (χ3n) is 1.33. The number of halogens is 1. The number of aromatic nitrogens is 1. The number of rotatable bonds is 2. The third-order valence-corrected chi connectivity index (χ3v) is 1.54. The first kappa shape index (κ1) is 8.82. The third kappa shape index (κ3) is 1.86. The van der Waals surface area contributed by atoms with Crippen LogP contribution in [0.3, 0.4) is 0 Å². The first-order valence-electron chi connectivity index (χ1n) is 3.58. The van der Waals surface area contributed by atoms with Crippen molar-refractivity contribution in [2.24, 2.45) is 0 Å². The lowest BCUT2D eigenvalue weighted by Gasteiger charge is -2.03. The van der Waals surface area contributed by atoms with Gasteiger partial charge in [0.25, 0.3) is 0 Å². The van der Waals surface area contributed by atoms with Gasteiger partial charge < -0.3 is 5.32 Å². The minimum absolute atomic E-state index is 0.393. The minimum Gasteiger partial charge on any atom is -0.369 e. The summed E-state index contributed by atoms with van der Waals surface area (Å²) >= 11 is 5.65. The van der Waals surface area contributed by atoms with Gasteiger partial charge in [0.1, 0.15) is 17.0 Å². The zero-order chi connectivity index (χ0) is 8.97. The van der Waals surface area contributed by atoms with E-state index in [1.807, 2.05) is 13.0 Å². The van der Waals surface area contributed by atoms with Gasteiger partial charge in [-0.15, -0.1) is 0 Å². The van der Waals surface area contributed by atoms with Crippen LogP contribution in [0.4, 0.5) is 5.82 Å². The molecule has 1 rings (SSSR count). The molecule has 1 aromatic rings. The standard InChI is InChI=1S/C8H8ClN3/c1-2-11-8-6(5-10)3-4-7(9)12-8/h3-4H,2H2,1H3,(H,11,12). The van der Waals surface area contributed by atoms with Gasteiger partial charge in [-0.05, 0) is 19.1 Å². The molecule has 0 aliphatic carbocycles. The molecule has 12 heavy (non-hydrogen) atoms. The molecule has 0 radical (unpaired) electrons. The van der Waals surface area contributed by atoms with Crippen LogP contribution in [-0.4, -0.2) is 11.5 Å². The number of nitrogens with zero attached hydrogens (tertiary/aromatic N) is 2. The molecule has 1 N–H and O–H groups in total. The van der Waals surface area contributed by atoms with Crippen molar-refractivity contribution in [2.45, 2.75) is 6.92 Å². The van der Waals surface area contributed by atoms with Crippen LogP contribution in [0.25, 0.3) is 0 Å². The van der Waals surface area contributed by atoms with Gasteiger partial charge >= 0.3 is 0 Å². The molecule has 0 aliphatic heterocycles. The van der Waals surface area contributed by atoms with Gasteiger partial charge in [0.05, 0.1) is 5.56 Å². The smallest absolute Gasteiger partial charge is 0.145 e. The fourth-order valence-corrected chi connectivity index (χ4v) is 0.975. The van der Waals surface area contributed by atoms with E-state index < -0.39 is 0 Å². The van der Waals surface area contributed by atoms with Crippen LogP contribution in [0.1, 0.15) is 12.5 Å². The summed E-state index contributed by atoms with van der Waals surface area (Å²) in [6, 6.07) is 5.27. The van der Waals surface area contributed by atoms with E-state index in [9.17, 15) is 0 Å². The van der Waals surface area contributed by atoms with E-state index in [0.717, 1.165) is 6.54 Å². The number of hydrogen-bond donors (Lipinski definition) is 1. The van der Waals surface area contributed by atoms with Crippen LogP contribution in [0.2, 0.25) is 5.15 Å². The predicted octanol–water partition coefficient (Wildman–Crippen LogP) is 2.04. The van der Waals surface area contributed by atoms with Gasteiger partial charge in [-0.2, -0.15) is 5.26 Å². The Labute approximate surface area is 76.0 Å². The lowest BCUT2D eigenvalue weighted by molar-refractivity contribution is 1.15. The maximum atomic E-state index is 8.66. The van der Waals surface area contributed by atoms with Crippen LogP contribution in [-0.2, 0) is 0 Å². The Morgan fingerprint density at radius 3 is 3.00 bits per heavy atom. The second-order valence-corrected chi connectivity index (χ2v) is 2.56. The summed E-state index contributed by atoms with van der Waals surface area (Å²) < 4.78 is 0. The fourth-order valence-electron chi connectivity index (χ4n) is 0.828. The number of hydrogen-bond acceptors (Lipinski definition) is 3. The van der Waals surface area contributed by atoms with Gasteiger partial charge in [-0.1, -0.05) is 11.6 Å². The van der Waals surface area contributed by atoms with E-state index in [0.29, 0.717) is 16.5 Å². The van der Waals surface area contributed by atoms with E-state index in [1.165, 1.54) is 0 Å². The Morgan fingerprint density at radius 1 is 1.67 bits per heavy atom. The first-order valence-corrected chi connectivity index (χ1v) is 3.96. The summed E-state index contributed by atoms with van der Waals surface area (Å²) in [5, 5.41) is 12.0. The Balaban J connectivity index is 3.06. The molecular formula is C8H8ClN3. The molecular weight excluding hydrogens is 174 g/mol. The topological polar surface area (TPSA) is 48.7 Å². The van der Waals surface area contributed by atoms with Crippen LogP contribution >= 0.6 is 11.6 Å². The maximum absolute atomic E-state index is 8.66. The molecule has 0 aromatic carbocycles. The highest BCUT2D eigenvalue weighted by atomic mass is 35.5. The molecule has 0 amide bonds. The van der Waals surface area contributed by atoms with Crippen LogP contribution in [0, 0.1) is 11.3 Å². The van der Waals surface area contributed by atoms with Gasteiger partial charge in [0.15, 0.2) is 0 Å². The number of anilines is 1. The largest absolute Gasteiger partial charge is 0.369 e. The van der Waals surface area contributed by atoms with Crippen molar-refractivity contribution in [1.29, 1.82) is 5.26 Å². The number of nitrogens with one attached hydrogen (secondary N) is 1. The number of nitriles is 1. The molecule has 0 aliphatic rings. The summed E-state index contributed by atoms with van der Waals surface area (Å²) in [4.78, 5) is 3.97. The summed E-state index contributed by atoms with van der Waals surface area (Å²) in [6.07, 6.45) is 0. The lowest BCUT2D eigenvalue weighted by atomic mass is 10.3. The fraction of sp³-hybridized carbons (Fsp3) is 0.250. The van der Waals surface area contributed by atoms with Gasteiger partial charge in [0.2, 0.25) is 0 Å². The quantitative estimate of drug-likeness (QED) is 0.711. The molecule has 1 aromatic heterocycles. The van der Waals surface area contributed by atoms with E-state index in [2.05, 4.69) is 10.3 Å². The number of pyridine rings is 1. The van der Waals surface area contributed by atoms with E-state index in [4.69, 9.17) is 16.9 Å². The predicted molar refractivity (Wildman–Crippen MR) is 48.1 cm³/mol. The average Bonchev–Trinajstić information content (AvgIpc) is 2.05. The van der Waals surface area contributed by atoms with Crippen molar-refractivity contribution < 1.29 is 0 Å². The monoisotopic (exact) mass is 181 g/mol. The summed E-state index contributed by atoms with van der Waals surface area (Å²) in [7, 11) is 0. The van der Waals surface area contributed by atoms with Crippen molar-refractivity contribution >= 4 is 17.4 Å². The van der Waals surface area contributed by atoms with Gasteiger partial charge in [-0.3, -0.25) is 0 Å². The van der Waals surface area contributed by atoms with Crippen molar-refractivity contribution in [1.82, 2.24) is 4.98 Å². The van der Waals surface area contributed by atoms with Crippen molar-refractivity contribution in [2.75, 3.05) is 11.9 Å². The Morgan fingerprint density at radius 2 is 2.42 bits per heavy atom. The van der Waals surface area contributed by atoms with Gasteiger partial charge in [-0.25, -0.2) is 4.98 Å². The second-order valence-electron chi connectivity index (χ2n) is 2.17. The van der Waals surface area contributed by atoms with Crippen molar-refractivity contribution in [3.8, 4) is 6.07 Å². The Bertz CT molecular complexity index is 317. The molecule has 1 heterocycles. The second kappa shape index (κ2) is 3.93. The molecule has 0 saturated carbocycles. The van der Waals surface area contributed by atoms with Crippen LogP contribution < -0.4 is 5.32 Å². The maximum Gasteiger partial charge on any atom is 0.145 e. The zero-order valence-electron chi connectivity index (χ0n) is 6.63. The van der Waals surface area contributed by atoms with E-state index >= 15 is 0 Å². The van der Waals surface area contributed by atoms with E-state index in [1.54, 1.807) is 12.1 Å². The first-order chi connectivity index (χ1) is 5.77. The van der Waals surface area contributed by atoms with Gasteiger partial charge in [0, 0.05) is 6.54 Å². The zero-order valence-corrected chi connectivity index (χ0v) is 7.39. The lowest BCUT2D eigenvalue weighted by Crippen LogP contribution is -2.01. The summed E-state index contributed by atoms with van der Waals surface area (Å²) in [5.74, 6) is 0.549. The minimum atomic E-state index is 0.393. The Kier molecular flexibility index (Phi) is 2.89. The molecule has 0 saturated heterocycles. The van der Waals surface area contributed by atoms with Crippen molar-refractivity contribution in [3.63, 3.8) is 0 Å². The van der Waals surface area contributed by atoms with Crippen LogP contribution in [0.5, 0.6) is 0 Å². The molecule has 0 spiro atoms. The normalized spacial score (nSPS) is 9.08. The highest BCUT2D eigenvalue weighted by molar-refractivity contribution is 6.29. The van der Waals surface area contributed by atoms with Crippen LogP contribution in [0.15, 0.2) is 12.1 Å². The summed E-state index contributed by atoms with van der Waals surface area (Å²) in [5.41, 5.74) is 0.515. The average molecular weight is 182 g/mol. The Hall–Kier alpha value is -1.27. The highest BCUT2D eigenvalue weighted by Gasteiger charge is 2.01. The molecule has 4 heteroatoms. The molecule has 62 valence electrons. The highest BCUT2D eigenvalue weighted by Crippen LogP contribution is 2.14. The van der Waals surface area contributed by atoms with E-state index in [-0.39, 0.29) is 0 Å². The summed E-state index contributed by atoms with van der Waals surface area (Å²) in [6.45, 7) is 2.66. The molecule has 3 nitrogen and oxygen atoms in total. The molecule has 0 atom stereocenters. The van der Waals surface area contributed by atoms with Crippen molar-refractivity contribution in [3.05, 3.63) is 22.8 Å². The molecule has 0 fully saturated rings. The molecule has 0 bridgehead atoms. The molecule has 0 unspecified atom stereocenters.